The van der Waals surface area contributed by atoms with E-state index < -0.39 is 11.6 Å². The Bertz CT molecular complexity index is 866. The van der Waals surface area contributed by atoms with Crippen molar-refractivity contribution in [3.8, 4) is 5.69 Å². The molecule has 1 aliphatic heterocycles. The molecular weight excluding hydrogens is 351 g/mol. The summed E-state index contributed by atoms with van der Waals surface area (Å²) in [5, 5.41) is 7.67. The lowest BCUT2D eigenvalue weighted by atomic mass is 10.2. The molecule has 1 fully saturated rings. The number of anilines is 1. The molecule has 24 heavy (non-hydrogen) atoms. The number of benzene rings is 1. The fourth-order valence-corrected chi connectivity index (χ4v) is 2.93. The number of likely N-dealkylation sites (N-methyl/N-ethyl adjacent to an activating group) is 1. The summed E-state index contributed by atoms with van der Waals surface area (Å²) in [4.78, 5) is 26.1. The molecule has 1 aromatic heterocycles. The second-order valence-electron chi connectivity index (χ2n) is 5.77. The Labute approximate surface area is 149 Å². The fraction of sp³-hybridized carbons (Fsp3) is 0.312. The van der Waals surface area contributed by atoms with Gasteiger partial charge < -0.3 is 10.2 Å². The lowest BCUT2D eigenvalue weighted by Gasteiger charge is -2.15. The first kappa shape index (κ1) is 16.8. The Hall–Kier alpha value is -2.05. The largest absolute Gasteiger partial charge is 0.371 e. The quantitative estimate of drug-likeness (QED) is 0.905. The normalized spacial score (nSPS) is 17.4. The van der Waals surface area contributed by atoms with Crippen molar-refractivity contribution in [2.24, 2.45) is 0 Å². The van der Waals surface area contributed by atoms with Gasteiger partial charge in [0.25, 0.3) is 5.56 Å². The number of amides is 1. The average Bonchev–Trinajstić information content (AvgIpc) is 2.87. The maximum atomic E-state index is 12.5. The number of nitrogens with one attached hydrogen (secondary N) is 1. The van der Waals surface area contributed by atoms with Crippen molar-refractivity contribution in [1.29, 1.82) is 0 Å². The van der Waals surface area contributed by atoms with Crippen LogP contribution in [0, 0.1) is 6.92 Å². The van der Waals surface area contributed by atoms with Crippen molar-refractivity contribution >= 4 is 34.8 Å². The highest BCUT2D eigenvalue weighted by molar-refractivity contribution is 6.33. The molecule has 1 unspecified atom stereocenters. The summed E-state index contributed by atoms with van der Waals surface area (Å²) >= 11 is 12.3. The number of carbonyl (C=O) groups excluding carboxylic acids is 1. The maximum Gasteiger partial charge on any atom is 0.292 e. The van der Waals surface area contributed by atoms with Crippen molar-refractivity contribution in [2.75, 3.05) is 18.9 Å². The van der Waals surface area contributed by atoms with Gasteiger partial charge in [0.2, 0.25) is 5.91 Å². The molecule has 0 saturated carbocycles. The lowest BCUT2D eigenvalue weighted by molar-refractivity contribution is -0.127. The van der Waals surface area contributed by atoms with Crippen LogP contribution in [0.2, 0.25) is 10.0 Å². The molecule has 1 amide bonds. The molecule has 1 N–H and O–H groups in total. The van der Waals surface area contributed by atoms with Crippen LogP contribution in [0.25, 0.3) is 5.69 Å². The number of halogens is 2. The van der Waals surface area contributed by atoms with Crippen molar-refractivity contribution in [3.05, 3.63) is 50.4 Å². The van der Waals surface area contributed by atoms with E-state index in [1.165, 1.54) is 10.9 Å². The van der Waals surface area contributed by atoms with E-state index in [4.69, 9.17) is 23.2 Å². The van der Waals surface area contributed by atoms with Crippen molar-refractivity contribution < 1.29 is 4.79 Å². The third-order valence-corrected chi connectivity index (χ3v) is 4.85. The molecule has 0 radical (unpaired) electrons. The Kier molecular flexibility index (Phi) is 4.51. The minimum absolute atomic E-state index is 0.0101. The maximum absolute atomic E-state index is 12.5. The monoisotopic (exact) mass is 366 g/mol. The van der Waals surface area contributed by atoms with E-state index in [-0.39, 0.29) is 10.9 Å². The SMILES string of the molecule is Cc1ccc(-n2ncc(NC3CCN(C)C3=O)c(Cl)c2=O)cc1Cl. The first-order valence-electron chi connectivity index (χ1n) is 7.44. The van der Waals surface area contributed by atoms with Crippen LogP contribution >= 0.6 is 23.2 Å². The molecule has 0 bridgehead atoms. The molecule has 2 aromatic rings. The van der Waals surface area contributed by atoms with Gasteiger partial charge in [-0.2, -0.15) is 9.78 Å². The minimum atomic E-state index is -0.472. The summed E-state index contributed by atoms with van der Waals surface area (Å²) in [5.41, 5.74) is 1.31. The summed E-state index contributed by atoms with van der Waals surface area (Å²) in [6.07, 6.45) is 2.10. The van der Waals surface area contributed by atoms with Crippen LogP contribution in [0.15, 0.2) is 29.2 Å². The number of hydrogen-bond acceptors (Lipinski definition) is 4. The van der Waals surface area contributed by atoms with E-state index in [2.05, 4.69) is 10.4 Å². The number of hydrogen-bond donors (Lipinski definition) is 1. The second-order valence-corrected chi connectivity index (χ2v) is 6.55. The zero-order valence-electron chi connectivity index (χ0n) is 13.2. The number of likely N-dealkylation sites (tertiary alicyclic amines) is 1. The van der Waals surface area contributed by atoms with Gasteiger partial charge in [-0.15, -0.1) is 0 Å². The standard InChI is InChI=1S/C16H16Cl2N4O2/c1-9-3-4-10(7-11(9)17)22-16(24)14(18)13(8-19-22)20-12-5-6-21(2)15(12)23/h3-4,7-8,12,20H,5-6H2,1-2H3. The molecule has 1 aliphatic rings. The summed E-state index contributed by atoms with van der Waals surface area (Å²) in [6, 6.07) is 4.82. The molecule has 2 heterocycles. The fourth-order valence-electron chi connectivity index (χ4n) is 2.57. The summed E-state index contributed by atoms with van der Waals surface area (Å²) in [6.45, 7) is 2.54. The Morgan fingerprint density at radius 1 is 1.29 bits per heavy atom. The molecule has 8 heteroatoms. The van der Waals surface area contributed by atoms with Gasteiger partial charge in [0, 0.05) is 18.6 Å². The summed E-state index contributed by atoms with van der Waals surface area (Å²) in [7, 11) is 1.74. The summed E-state index contributed by atoms with van der Waals surface area (Å²) < 4.78 is 1.18. The third-order valence-electron chi connectivity index (χ3n) is 4.08. The number of nitrogens with zero attached hydrogens (tertiary/aromatic N) is 3. The van der Waals surface area contributed by atoms with Gasteiger partial charge >= 0.3 is 0 Å². The van der Waals surface area contributed by atoms with Crippen LogP contribution < -0.4 is 10.9 Å². The molecule has 126 valence electrons. The van der Waals surface area contributed by atoms with Gasteiger partial charge in [0.05, 0.1) is 17.6 Å². The molecule has 0 spiro atoms. The van der Waals surface area contributed by atoms with Gasteiger partial charge in [-0.1, -0.05) is 29.3 Å². The van der Waals surface area contributed by atoms with E-state index in [1.54, 1.807) is 30.1 Å². The van der Waals surface area contributed by atoms with Crippen molar-refractivity contribution in [3.63, 3.8) is 0 Å². The first-order chi connectivity index (χ1) is 11.4. The highest BCUT2D eigenvalue weighted by atomic mass is 35.5. The molecule has 0 aliphatic carbocycles. The minimum Gasteiger partial charge on any atom is -0.371 e. The Balaban J connectivity index is 1.93. The number of aryl methyl sites for hydroxylation is 1. The van der Waals surface area contributed by atoms with Gasteiger partial charge in [0.15, 0.2) is 0 Å². The van der Waals surface area contributed by atoms with Gasteiger partial charge in [-0.05, 0) is 31.0 Å². The van der Waals surface area contributed by atoms with Gasteiger partial charge in [0.1, 0.15) is 11.1 Å². The summed E-state index contributed by atoms with van der Waals surface area (Å²) in [5.74, 6) is -0.0273. The van der Waals surface area contributed by atoms with E-state index in [9.17, 15) is 9.59 Å². The van der Waals surface area contributed by atoms with Crippen LogP contribution in [0.1, 0.15) is 12.0 Å². The van der Waals surface area contributed by atoms with Gasteiger partial charge in [-0.3, -0.25) is 9.59 Å². The highest BCUT2D eigenvalue weighted by Crippen LogP contribution is 2.22. The molecular formula is C16H16Cl2N4O2. The highest BCUT2D eigenvalue weighted by Gasteiger charge is 2.29. The van der Waals surface area contributed by atoms with Crippen LogP contribution in [0.3, 0.4) is 0 Å². The first-order valence-corrected chi connectivity index (χ1v) is 8.20. The zero-order chi connectivity index (χ0) is 17.4. The second kappa shape index (κ2) is 6.45. The number of carbonyl (C=O) groups is 1. The van der Waals surface area contributed by atoms with Crippen LogP contribution in [0.5, 0.6) is 0 Å². The molecule has 1 aromatic carbocycles. The van der Waals surface area contributed by atoms with Crippen molar-refractivity contribution in [1.82, 2.24) is 14.7 Å². The lowest BCUT2D eigenvalue weighted by Crippen LogP contribution is -2.32. The van der Waals surface area contributed by atoms with E-state index in [0.29, 0.717) is 29.4 Å². The Morgan fingerprint density at radius 2 is 2.04 bits per heavy atom. The average molecular weight is 367 g/mol. The van der Waals surface area contributed by atoms with E-state index >= 15 is 0 Å². The van der Waals surface area contributed by atoms with E-state index in [1.807, 2.05) is 6.92 Å². The smallest absolute Gasteiger partial charge is 0.292 e. The van der Waals surface area contributed by atoms with Crippen LogP contribution in [-0.2, 0) is 4.79 Å². The third kappa shape index (κ3) is 2.99. The molecule has 1 saturated heterocycles. The van der Waals surface area contributed by atoms with Crippen molar-refractivity contribution in [2.45, 2.75) is 19.4 Å². The predicted octanol–water partition coefficient (Wildman–Crippen LogP) is 2.49. The zero-order valence-corrected chi connectivity index (χ0v) is 14.7. The molecule has 1 atom stereocenters. The number of rotatable bonds is 3. The van der Waals surface area contributed by atoms with Crippen LogP contribution in [-0.4, -0.2) is 40.2 Å². The van der Waals surface area contributed by atoms with E-state index in [0.717, 1.165) is 5.56 Å². The molecule has 3 rings (SSSR count). The van der Waals surface area contributed by atoms with Gasteiger partial charge in [-0.25, -0.2) is 0 Å². The molecule has 6 nitrogen and oxygen atoms in total. The number of aromatic nitrogens is 2. The topological polar surface area (TPSA) is 67.2 Å². The van der Waals surface area contributed by atoms with Crippen LogP contribution in [0.4, 0.5) is 5.69 Å². The predicted molar refractivity (Wildman–Crippen MR) is 94.3 cm³/mol. The Morgan fingerprint density at radius 3 is 2.67 bits per heavy atom.